The predicted octanol–water partition coefficient (Wildman–Crippen LogP) is 9.06. The summed E-state index contributed by atoms with van der Waals surface area (Å²) in [6.45, 7) is 2.90. The Hall–Kier alpha value is -6.38. The summed E-state index contributed by atoms with van der Waals surface area (Å²) in [6, 6.07) is 39.4. The van der Waals surface area contributed by atoms with Crippen molar-refractivity contribution in [3.05, 3.63) is 182 Å². The fraction of sp³-hybridized carbons (Fsp3) is 0.278. The fourth-order valence-corrected chi connectivity index (χ4v) is 9.22. The van der Waals surface area contributed by atoms with Gasteiger partial charge in [-0.2, -0.15) is 0 Å². The van der Waals surface area contributed by atoms with Crippen LogP contribution in [-0.4, -0.2) is 59.9 Å². The number of pyridine rings is 1. The summed E-state index contributed by atoms with van der Waals surface area (Å²) in [5.41, 5.74) is 12.6. The van der Waals surface area contributed by atoms with Crippen molar-refractivity contribution in [3.8, 4) is 22.3 Å². The third-order valence-electron chi connectivity index (χ3n) is 12.5. The number of aryl methyl sites for hydroxylation is 1. The highest BCUT2D eigenvalue weighted by Gasteiger charge is 2.29. The molecule has 1 aliphatic carbocycles. The first-order valence-electron chi connectivity index (χ1n) is 22.7. The largest absolute Gasteiger partial charge is 0.449 e. The molecule has 4 amide bonds. The molecule has 0 saturated heterocycles. The Morgan fingerprint density at radius 2 is 1.50 bits per heavy atom. The number of carbonyl (C=O) groups excluding carboxylic acids is 4. The van der Waals surface area contributed by atoms with Gasteiger partial charge in [0, 0.05) is 79.2 Å². The normalized spacial score (nSPS) is 12.9. The van der Waals surface area contributed by atoms with E-state index in [1.165, 1.54) is 31.4 Å². The lowest BCUT2D eigenvalue weighted by Crippen LogP contribution is -2.47. The van der Waals surface area contributed by atoms with Gasteiger partial charge in [-0.1, -0.05) is 84.9 Å². The third kappa shape index (κ3) is 11.7. The lowest BCUT2D eigenvalue weighted by Gasteiger charge is -2.26. The molecule has 0 spiro atoms. The van der Waals surface area contributed by atoms with Gasteiger partial charge in [-0.15, -0.1) is 0 Å². The quantitative estimate of drug-likeness (QED) is 0.0469. The number of hydrogen-bond acceptors (Lipinski definition) is 7. The molecule has 8 rings (SSSR count). The number of hydrogen-bond donors (Lipinski definition) is 4. The zero-order chi connectivity index (χ0) is 45.8. The number of nitrogens with zero attached hydrogens (tertiary/aromatic N) is 2. The van der Waals surface area contributed by atoms with Crippen molar-refractivity contribution in [1.82, 2.24) is 31.2 Å². The summed E-state index contributed by atoms with van der Waals surface area (Å²) < 4.78 is 6.92. The van der Waals surface area contributed by atoms with Gasteiger partial charge in [-0.3, -0.25) is 19.4 Å². The molecule has 0 fully saturated rings. The molecule has 6 aromatic rings. The van der Waals surface area contributed by atoms with Gasteiger partial charge in [0.15, 0.2) is 0 Å². The number of rotatable bonds is 19. The second-order valence-corrected chi connectivity index (χ2v) is 18.3. The monoisotopic (exact) mass is 994 g/mol. The van der Waals surface area contributed by atoms with Crippen molar-refractivity contribution in [3.63, 3.8) is 0 Å². The molecule has 0 bridgehead atoms. The van der Waals surface area contributed by atoms with Crippen LogP contribution in [0.25, 0.3) is 22.3 Å². The molecule has 12 heteroatoms. The number of ether oxygens (including phenoxy) is 1. The minimum Gasteiger partial charge on any atom is -0.449 e. The Balaban J connectivity index is 0.862. The van der Waals surface area contributed by atoms with Gasteiger partial charge in [0.05, 0.1) is 0 Å². The maximum Gasteiger partial charge on any atom is 0.407 e. The van der Waals surface area contributed by atoms with E-state index in [1.807, 2.05) is 48.7 Å². The van der Waals surface area contributed by atoms with E-state index in [-0.39, 0.29) is 30.2 Å². The Morgan fingerprint density at radius 3 is 2.26 bits per heavy atom. The molecule has 66 heavy (non-hydrogen) atoms. The molecule has 0 unspecified atom stereocenters. The van der Waals surface area contributed by atoms with Crippen molar-refractivity contribution in [1.29, 1.82) is 0 Å². The number of aromatic nitrogens is 1. The maximum atomic E-state index is 14.3. The molecule has 1 aromatic heterocycles. The van der Waals surface area contributed by atoms with E-state index in [0.29, 0.717) is 50.9 Å². The molecule has 1 aliphatic heterocycles. The van der Waals surface area contributed by atoms with Gasteiger partial charge < -0.3 is 30.9 Å². The summed E-state index contributed by atoms with van der Waals surface area (Å²) in [7, 11) is 1.75. The molecule has 5 aromatic carbocycles. The molecule has 1 atom stereocenters. The van der Waals surface area contributed by atoms with Crippen molar-refractivity contribution in [2.75, 3.05) is 20.2 Å². The maximum absolute atomic E-state index is 14.3. The average Bonchev–Trinajstić information content (AvgIpc) is 3.95. The lowest BCUT2D eigenvalue weighted by atomic mass is 9.98. The van der Waals surface area contributed by atoms with Crippen LogP contribution in [0.1, 0.15) is 87.3 Å². The van der Waals surface area contributed by atoms with Crippen LogP contribution < -0.4 is 21.3 Å². The first-order chi connectivity index (χ1) is 32.2. The van der Waals surface area contributed by atoms with Gasteiger partial charge >= 0.3 is 6.09 Å². The van der Waals surface area contributed by atoms with E-state index in [1.54, 1.807) is 30.3 Å². The topological polar surface area (TPSA) is 142 Å². The zero-order valence-corrected chi connectivity index (χ0v) is 39.3. The number of nitrogens with one attached hydrogen (secondary N) is 4. The highest BCUT2D eigenvalue weighted by Crippen LogP contribution is 2.44. The number of unbranched alkanes of at least 4 members (excludes halogenated alkanes) is 1. The van der Waals surface area contributed by atoms with Crippen molar-refractivity contribution < 1.29 is 23.9 Å². The molecule has 338 valence electrons. The average molecular weight is 995 g/mol. The number of carbonyl (C=O) groups is 4. The number of fused-ring (bicyclic) bond motifs is 4. The van der Waals surface area contributed by atoms with Gasteiger partial charge in [-0.25, -0.2) is 4.79 Å². The zero-order valence-electron chi connectivity index (χ0n) is 37.2. The van der Waals surface area contributed by atoms with Crippen LogP contribution in [0.15, 0.2) is 134 Å². The van der Waals surface area contributed by atoms with Crippen molar-refractivity contribution in [2.24, 2.45) is 0 Å². The van der Waals surface area contributed by atoms with E-state index in [2.05, 4.69) is 116 Å². The van der Waals surface area contributed by atoms with Crippen LogP contribution in [0.2, 0.25) is 0 Å². The minimum absolute atomic E-state index is 0.0234. The molecule has 0 radical (unpaired) electrons. The highest BCUT2D eigenvalue weighted by atomic mass is 127. The van der Waals surface area contributed by atoms with Crippen LogP contribution in [-0.2, 0) is 46.9 Å². The molecule has 2 heterocycles. The molecule has 0 saturated carbocycles. The van der Waals surface area contributed by atoms with E-state index >= 15 is 0 Å². The molecule has 4 N–H and O–H groups in total. The second kappa shape index (κ2) is 22.2. The predicted molar refractivity (Wildman–Crippen MR) is 265 cm³/mol. The molecular formula is C54H55IN6O5. The molecular weight excluding hydrogens is 940 g/mol. The molecule has 11 nitrogen and oxygen atoms in total. The summed E-state index contributed by atoms with van der Waals surface area (Å²) in [4.78, 5) is 59.6. The lowest BCUT2D eigenvalue weighted by molar-refractivity contribution is -0.132. The second-order valence-electron chi connectivity index (χ2n) is 17.0. The van der Waals surface area contributed by atoms with Crippen molar-refractivity contribution >= 4 is 46.4 Å². The summed E-state index contributed by atoms with van der Waals surface area (Å²) >= 11 is 2.28. The van der Waals surface area contributed by atoms with E-state index in [9.17, 15) is 19.2 Å². The Kier molecular flexibility index (Phi) is 15.5. The summed E-state index contributed by atoms with van der Waals surface area (Å²) in [5.74, 6) is -0.660. The molecule has 2 aliphatic rings. The van der Waals surface area contributed by atoms with Gasteiger partial charge in [0.1, 0.15) is 12.6 Å². The third-order valence-corrected chi connectivity index (χ3v) is 13.2. The SMILES string of the molecule is CN(Cc1ccncc1-c1ccc2c(c1)CNC2)C(=O)[C@H](CCCCNC(=O)OCC1c2ccccc2-c2ccccc21)NC(=O)c1ccc(CNC(=O)CCCc2ccc(I)cc2)cc1. The minimum atomic E-state index is -0.827. The summed E-state index contributed by atoms with van der Waals surface area (Å²) in [5, 5.41) is 12.3. The van der Waals surface area contributed by atoms with Crippen LogP contribution in [0, 0.1) is 3.57 Å². The first-order valence-corrected chi connectivity index (χ1v) is 23.8. The smallest absolute Gasteiger partial charge is 0.407 e. The van der Waals surface area contributed by atoms with Gasteiger partial charge in [-0.05, 0) is 147 Å². The van der Waals surface area contributed by atoms with Crippen LogP contribution in [0.5, 0.6) is 0 Å². The number of likely N-dealkylation sites (N-methyl/N-ethyl adjacent to an activating group) is 1. The highest BCUT2D eigenvalue weighted by molar-refractivity contribution is 14.1. The fourth-order valence-electron chi connectivity index (χ4n) is 8.86. The summed E-state index contributed by atoms with van der Waals surface area (Å²) in [6.07, 6.45) is 6.58. The van der Waals surface area contributed by atoms with E-state index < -0.39 is 12.1 Å². The van der Waals surface area contributed by atoms with E-state index in [4.69, 9.17) is 4.74 Å². The first kappa shape index (κ1) is 46.2. The Morgan fingerprint density at radius 1 is 0.788 bits per heavy atom. The van der Waals surface area contributed by atoms with Gasteiger partial charge in [0.2, 0.25) is 11.8 Å². The Bertz CT molecular complexity index is 2630. The van der Waals surface area contributed by atoms with Crippen LogP contribution in [0.3, 0.4) is 0 Å². The van der Waals surface area contributed by atoms with Crippen LogP contribution >= 0.6 is 22.6 Å². The van der Waals surface area contributed by atoms with Crippen molar-refractivity contribution in [2.45, 2.75) is 76.7 Å². The number of amides is 4. The number of halogens is 1. The standard InChI is InChI=1S/C54H55IN6O5/c1-61(34-41-26-28-56-33-48(41)39-22-23-40-31-57-32-42(40)29-39)53(64)50(14-6-7-27-58-54(65)66-35-49-46-12-4-2-10-44(46)45-11-3-5-13-47(45)49)60-52(63)38-20-16-37(17-21-38)30-59-51(62)15-8-9-36-18-24-43(55)25-19-36/h2-5,10-13,16-26,28-29,33,49-50,57H,6-9,14-15,27,30-32,34-35H2,1H3,(H,58,65)(H,59,62)(H,60,63)/t50-/m0/s1. The van der Waals surface area contributed by atoms with Crippen LogP contribution in [0.4, 0.5) is 4.79 Å². The number of benzene rings is 5. The van der Waals surface area contributed by atoms with E-state index in [0.717, 1.165) is 59.3 Å². The van der Waals surface area contributed by atoms with Gasteiger partial charge in [0.25, 0.3) is 5.91 Å². The Labute approximate surface area is 400 Å². The number of alkyl carbamates (subject to hydrolysis) is 1.